The Bertz CT molecular complexity index is 561. The van der Waals surface area contributed by atoms with E-state index in [2.05, 4.69) is 15.3 Å². The van der Waals surface area contributed by atoms with Gasteiger partial charge in [0.25, 0.3) is 0 Å². The van der Waals surface area contributed by atoms with E-state index < -0.39 is 0 Å². The van der Waals surface area contributed by atoms with E-state index in [0.717, 1.165) is 28.6 Å². The second kappa shape index (κ2) is 3.26. The van der Waals surface area contributed by atoms with E-state index in [0.29, 0.717) is 5.92 Å². The second-order valence-electron chi connectivity index (χ2n) is 5.30. The number of nitrogens with zero attached hydrogens (tertiary/aromatic N) is 4. The average Bonchev–Trinajstić information content (AvgIpc) is 2.82. The molecule has 0 spiro atoms. The van der Waals surface area contributed by atoms with Gasteiger partial charge in [-0.1, -0.05) is 24.2 Å². The maximum Gasteiger partial charge on any atom is 0.234 e. The van der Waals surface area contributed by atoms with Gasteiger partial charge in [-0.25, -0.2) is 0 Å². The van der Waals surface area contributed by atoms with Crippen LogP contribution in [0.15, 0.2) is 0 Å². The topological polar surface area (TPSA) is 69.1 Å². The van der Waals surface area contributed by atoms with Crippen LogP contribution in [0.2, 0.25) is 0 Å². The van der Waals surface area contributed by atoms with Crippen LogP contribution in [0.3, 0.4) is 0 Å². The van der Waals surface area contributed by atoms with Crippen molar-refractivity contribution in [2.75, 3.05) is 0 Å². The predicted octanol–water partition coefficient (Wildman–Crippen LogP) is 1.79. The molecule has 90 valence electrons. The average molecular weight is 249 g/mol. The van der Waals surface area contributed by atoms with Gasteiger partial charge in [-0.2, -0.15) is 9.61 Å². The normalized spacial score (nSPS) is 23.6. The van der Waals surface area contributed by atoms with Crippen LogP contribution in [0.1, 0.15) is 55.3 Å². The van der Waals surface area contributed by atoms with E-state index in [1.54, 1.807) is 11.3 Å². The smallest absolute Gasteiger partial charge is 0.234 e. The Hall–Kier alpha value is -1.01. The number of hydrogen-bond acceptors (Lipinski definition) is 5. The van der Waals surface area contributed by atoms with Gasteiger partial charge in [-0.05, 0) is 25.7 Å². The lowest BCUT2D eigenvalue weighted by molar-refractivity contribution is 0.626. The lowest BCUT2D eigenvalue weighted by Gasteiger charge is -2.04. The van der Waals surface area contributed by atoms with Gasteiger partial charge in [-0.15, -0.1) is 10.2 Å². The fourth-order valence-electron chi connectivity index (χ4n) is 2.62. The van der Waals surface area contributed by atoms with Gasteiger partial charge in [0.1, 0.15) is 5.01 Å². The molecule has 0 radical (unpaired) electrons. The van der Waals surface area contributed by atoms with Gasteiger partial charge in [0.15, 0.2) is 5.82 Å². The minimum atomic E-state index is -0.154. The van der Waals surface area contributed by atoms with E-state index in [1.807, 2.05) is 4.52 Å². The van der Waals surface area contributed by atoms with Gasteiger partial charge in [0.05, 0.1) is 5.54 Å². The SMILES string of the molecule is NC1(c2nn3c(C4CCCC4)nnc3s2)CC1. The predicted molar refractivity (Wildman–Crippen MR) is 65.0 cm³/mol. The van der Waals surface area contributed by atoms with Crippen molar-refractivity contribution in [3.8, 4) is 0 Å². The van der Waals surface area contributed by atoms with Crippen molar-refractivity contribution in [2.24, 2.45) is 5.73 Å². The first kappa shape index (κ1) is 9.96. The van der Waals surface area contributed by atoms with E-state index in [4.69, 9.17) is 5.73 Å². The molecule has 0 amide bonds. The summed E-state index contributed by atoms with van der Waals surface area (Å²) in [7, 11) is 0. The van der Waals surface area contributed by atoms with Crippen molar-refractivity contribution in [2.45, 2.75) is 50.0 Å². The summed E-state index contributed by atoms with van der Waals surface area (Å²) in [6.45, 7) is 0. The van der Waals surface area contributed by atoms with E-state index in [-0.39, 0.29) is 5.54 Å². The Morgan fingerprint density at radius 1 is 1.24 bits per heavy atom. The van der Waals surface area contributed by atoms with Crippen LogP contribution in [0, 0.1) is 0 Å². The molecule has 0 unspecified atom stereocenters. The lowest BCUT2D eigenvalue weighted by atomic mass is 10.1. The monoisotopic (exact) mass is 249 g/mol. The Labute approximate surface area is 103 Å². The van der Waals surface area contributed by atoms with Gasteiger partial charge in [0, 0.05) is 5.92 Å². The van der Waals surface area contributed by atoms with Crippen LogP contribution in [0.5, 0.6) is 0 Å². The summed E-state index contributed by atoms with van der Waals surface area (Å²) in [5.41, 5.74) is 6.03. The fourth-order valence-corrected chi connectivity index (χ4v) is 3.63. The molecule has 0 bridgehead atoms. The quantitative estimate of drug-likeness (QED) is 0.881. The highest BCUT2D eigenvalue weighted by atomic mass is 32.1. The van der Waals surface area contributed by atoms with Crippen molar-refractivity contribution in [3.63, 3.8) is 0 Å². The molecule has 2 N–H and O–H groups in total. The standard InChI is InChI=1S/C11H15N5S/c12-11(5-6-11)9-15-16-8(7-3-1-2-4-7)13-14-10(16)17-9/h7H,1-6,12H2. The number of aromatic nitrogens is 4. The first-order valence-corrected chi connectivity index (χ1v) is 7.09. The fraction of sp³-hybridized carbons (Fsp3) is 0.727. The zero-order valence-electron chi connectivity index (χ0n) is 9.59. The molecule has 2 aliphatic rings. The Balaban J connectivity index is 1.79. The highest BCUT2D eigenvalue weighted by Crippen LogP contribution is 2.44. The van der Waals surface area contributed by atoms with Crippen LogP contribution < -0.4 is 5.73 Å². The van der Waals surface area contributed by atoms with Gasteiger partial charge < -0.3 is 5.73 Å². The highest BCUT2D eigenvalue weighted by Gasteiger charge is 2.44. The zero-order valence-corrected chi connectivity index (χ0v) is 10.4. The van der Waals surface area contributed by atoms with Crippen LogP contribution in [-0.2, 0) is 5.54 Å². The van der Waals surface area contributed by atoms with Crippen molar-refractivity contribution in [1.82, 2.24) is 19.8 Å². The lowest BCUT2D eigenvalue weighted by Crippen LogP contribution is -2.18. The summed E-state index contributed by atoms with van der Waals surface area (Å²) in [6, 6.07) is 0. The molecule has 2 fully saturated rings. The third kappa shape index (κ3) is 1.43. The molecule has 2 aliphatic carbocycles. The van der Waals surface area contributed by atoms with Crippen LogP contribution >= 0.6 is 11.3 Å². The minimum Gasteiger partial charge on any atom is -0.319 e. The molecule has 2 heterocycles. The summed E-state index contributed by atoms with van der Waals surface area (Å²) >= 11 is 1.60. The molecule has 0 saturated heterocycles. The second-order valence-corrected chi connectivity index (χ2v) is 6.25. The van der Waals surface area contributed by atoms with E-state index >= 15 is 0 Å². The molecule has 0 aromatic carbocycles. The highest BCUT2D eigenvalue weighted by molar-refractivity contribution is 7.16. The molecule has 2 aromatic rings. The Morgan fingerprint density at radius 2 is 2.00 bits per heavy atom. The number of fused-ring (bicyclic) bond motifs is 1. The molecular weight excluding hydrogens is 234 g/mol. The molecule has 4 rings (SSSR count). The largest absolute Gasteiger partial charge is 0.319 e. The molecule has 6 heteroatoms. The van der Waals surface area contributed by atoms with Gasteiger partial charge in [-0.3, -0.25) is 0 Å². The molecule has 2 saturated carbocycles. The number of nitrogens with two attached hydrogens (primary N) is 1. The van der Waals surface area contributed by atoms with Crippen LogP contribution in [0.25, 0.3) is 4.96 Å². The van der Waals surface area contributed by atoms with Crippen LogP contribution in [-0.4, -0.2) is 19.8 Å². The number of rotatable bonds is 2. The third-order valence-electron chi connectivity index (χ3n) is 3.95. The van der Waals surface area contributed by atoms with Crippen molar-refractivity contribution in [1.29, 1.82) is 0 Å². The Kier molecular flexibility index (Phi) is 1.91. The van der Waals surface area contributed by atoms with E-state index in [9.17, 15) is 0 Å². The Morgan fingerprint density at radius 3 is 2.71 bits per heavy atom. The molecular formula is C11H15N5S. The minimum absolute atomic E-state index is 0.154. The summed E-state index contributed by atoms with van der Waals surface area (Å²) in [5, 5.41) is 14.2. The third-order valence-corrected chi connectivity index (χ3v) is 5.07. The molecule has 5 nitrogen and oxygen atoms in total. The summed E-state index contributed by atoms with van der Waals surface area (Å²) in [5.74, 6) is 1.59. The first-order valence-electron chi connectivity index (χ1n) is 6.28. The summed E-state index contributed by atoms with van der Waals surface area (Å²) in [6.07, 6.45) is 7.16. The molecule has 17 heavy (non-hydrogen) atoms. The van der Waals surface area contributed by atoms with Crippen LogP contribution in [0.4, 0.5) is 0 Å². The van der Waals surface area contributed by atoms with Crippen molar-refractivity contribution < 1.29 is 0 Å². The summed E-state index contributed by atoms with van der Waals surface area (Å²) in [4.78, 5) is 0.902. The van der Waals surface area contributed by atoms with Crippen molar-refractivity contribution >= 4 is 16.3 Å². The number of hydrogen-bond donors (Lipinski definition) is 1. The van der Waals surface area contributed by atoms with Gasteiger partial charge in [0.2, 0.25) is 4.96 Å². The summed E-state index contributed by atoms with van der Waals surface area (Å²) < 4.78 is 1.93. The molecule has 0 atom stereocenters. The van der Waals surface area contributed by atoms with Gasteiger partial charge >= 0.3 is 0 Å². The maximum absolute atomic E-state index is 6.18. The zero-order chi connectivity index (χ0) is 11.5. The van der Waals surface area contributed by atoms with Crippen molar-refractivity contribution in [3.05, 3.63) is 10.8 Å². The first-order chi connectivity index (χ1) is 8.26. The molecule has 2 aromatic heterocycles. The maximum atomic E-state index is 6.18. The molecule has 0 aliphatic heterocycles. The van der Waals surface area contributed by atoms with E-state index in [1.165, 1.54) is 25.7 Å².